The molecule has 0 spiro atoms. The van der Waals surface area contributed by atoms with Gasteiger partial charge >= 0.3 is 0 Å². The largest absolute Gasteiger partial charge is 0.376 e. The summed E-state index contributed by atoms with van der Waals surface area (Å²) in [5.41, 5.74) is 0.356. The molecule has 0 radical (unpaired) electrons. The van der Waals surface area contributed by atoms with E-state index >= 15 is 0 Å². The summed E-state index contributed by atoms with van der Waals surface area (Å²) < 4.78 is 5.72. The van der Waals surface area contributed by atoms with Gasteiger partial charge in [-0.1, -0.05) is 36.4 Å². The number of hydrogen-bond acceptors (Lipinski definition) is 5. The summed E-state index contributed by atoms with van der Waals surface area (Å²) in [6.45, 7) is 3.97. The molecular formula is C26H31N3O4. The Bertz CT molecular complexity index is 976. The minimum Gasteiger partial charge on any atom is -0.376 e. The summed E-state index contributed by atoms with van der Waals surface area (Å²) in [7, 11) is 0. The van der Waals surface area contributed by atoms with Gasteiger partial charge in [0.05, 0.1) is 11.5 Å². The number of benzene rings is 1. The number of pyridine rings is 1. The van der Waals surface area contributed by atoms with Crippen molar-refractivity contribution in [3.63, 3.8) is 0 Å². The normalized spacial score (nSPS) is 22.7. The monoisotopic (exact) mass is 449 g/mol. The molecule has 2 aliphatic heterocycles. The van der Waals surface area contributed by atoms with Gasteiger partial charge in [0.2, 0.25) is 17.7 Å². The van der Waals surface area contributed by atoms with Crippen molar-refractivity contribution in [1.29, 1.82) is 0 Å². The van der Waals surface area contributed by atoms with Gasteiger partial charge in [0.25, 0.3) is 0 Å². The van der Waals surface area contributed by atoms with Gasteiger partial charge in [-0.3, -0.25) is 24.3 Å². The van der Waals surface area contributed by atoms with Crippen LogP contribution in [0.25, 0.3) is 0 Å². The zero-order valence-corrected chi connectivity index (χ0v) is 19.1. The predicted octanol–water partition coefficient (Wildman–Crippen LogP) is 2.74. The van der Waals surface area contributed by atoms with Gasteiger partial charge in [-0.25, -0.2) is 0 Å². The summed E-state index contributed by atoms with van der Waals surface area (Å²) >= 11 is 0. The van der Waals surface area contributed by atoms with Crippen molar-refractivity contribution in [2.24, 2.45) is 0 Å². The van der Waals surface area contributed by atoms with Gasteiger partial charge in [0.1, 0.15) is 0 Å². The molecule has 1 aromatic heterocycles. The fourth-order valence-electron chi connectivity index (χ4n) is 4.83. The number of imide groups is 1. The van der Waals surface area contributed by atoms with Crippen molar-refractivity contribution < 1.29 is 19.1 Å². The molecule has 0 N–H and O–H groups in total. The molecule has 0 unspecified atom stereocenters. The van der Waals surface area contributed by atoms with Crippen LogP contribution in [-0.2, 0) is 31.0 Å². The van der Waals surface area contributed by atoms with Gasteiger partial charge in [0.15, 0.2) is 0 Å². The number of nitrogens with zero attached hydrogens (tertiary/aromatic N) is 3. The van der Waals surface area contributed by atoms with Gasteiger partial charge in [-0.15, -0.1) is 0 Å². The summed E-state index contributed by atoms with van der Waals surface area (Å²) in [6, 6.07) is 14.8. The summed E-state index contributed by atoms with van der Waals surface area (Å²) in [4.78, 5) is 47.6. The number of ether oxygens (including phenoxy) is 1. The summed E-state index contributed by atoms with van der Waals surface area (Å²) in [5, 5.41) is 0. The fourth-order valence-corrected chi connectivity index (χ4v) is 4.83. The number of hydrogen-bond donors (Lipinski definition) is 0. The molecule has 4 rings (SSSR count). The van der Waals surface area contributed by atoms with E-state index in [1.807, 2.05) is 55.5 Å². The van der Waals surface area contributed by atoms with Crippen LogP contribution in [0.4, 0.5) is 0 Å². The Kier molecular flexibility index (Phi) is 7.18. The van der Waals surface area contributed by atoms with Crippen LogP contribution in [0.15, 0.2) is 54.7 Å². The zero-order chi connectivity index (χ0) is 23.3. The zero-order valence-electron chi connectivity index (χ0n) is 19.1. The Morgan fingerprint density at radius 3 is 2.64 bits per heavy atom. The average molecular weight is 450 g/mol. The Balaban J connectivity index is 1.56. The van der Waals surface area contributed by atoms with Crippen molar-refractivity contribution in [2.75, 3.05) is 26.2 Å². The highest BCUT2D eigenvalue weighted by atomic mass is 16.5. The van der Waals surface area contributed by atoms with Crippen molar-refractivity contribution in [3.05, 3.63) is 66.0 Å². The SMILES string of the molecule is CCN(C[C@H]1CCCO1)C(=O)C[C@@]1(c2ccccc2)CC(=O)N(CCc2ccccn2)C1=O. The number of rotatable bonds is 9. The van der Waals surface area contributed by atoms with E-state index in [9.17, 15) is 14.4 Å². The van der Waals surface area contributed by atoms with Gasteiger partial charge in [0, 0.05) is 57.4 Å². The molecule has 174 valence electrons. The highest BCUT2D eigenvalue weighted by Crippen LogP contribution is 2.40. The maximum Gasteiger partial charge on any atom is 0.240 e. The Morgan fingerprint density at radius 1 is 1.18 bits per heavy atom. The molecular weight excluding hydrogens is 418 g/mol. The molecule has 7 heteroatoms. The minimum absolute atomic E-state index is 0.00128. The van der Waals surface area contributed by atoms with Crippen LogP contribution >= 0.6 is 0 Å². The molecule has 2 fully saturated rings. The van der Waals surface area contributed by atoms with E-state index in [4.69, 9.17) is 4.74 Å². The lowest BCUT2D eigenvalue weighted by Crippen LogP contribution is -2.45. The topological polar surface area (TPSA) is 79.8 Å². The van der Waals surface area contributed by atoms with Crippen molar-refractivity contribution >= 4 is 17.7 Å². The maximum absolute atomic E-state index is 13.7. The second kappa shape index (κ2) is 10.3. The van der Waals surface area contributed by atoms with Crippen LogP contribution in [0.2, 0.25) is 0 Å². The van der Waals surface area contributed by atoms with Gasteiger partial charge < -0.3 is 9.64 Å². The van der Waals surface area contributed by atoms with Crippen LogP contribution in [0, 0.1) is 0 Å². The number of aromatic nitrogens is 1. The number of amides is 3. The molecule has 1 aromatic carbocycles. The first kappa shape index (κ1) is 23.1. The molecule has 2 aliphatic rings. The molecule has 0 saturated carbocycles. The standard InChI is InChI=1S/C26H31N3O4/c1-2-28(19-22-12-8-16-33-22)23(30)17-26(20-9-4-3-5-10-20)18-24(31)29(25(26)32)15-13-21-11-6-7-14-27-21/h3-7,9-11,14,22H,2,8,12-13,15-19H2,1H3/t22-,26+/m1/s1. The van der Waals surface area contributed by atoms with E-state index in [1.165, 1.54) is 4.90 Å². The van der Waals surface area contributed by atoms with Crippen LogP contribution in [0.5, 0.6) is 0 Å². The maximum atomic E-state index is 13.7. The smallest absolute Gasteiger partial charge is 0.240 e. The van der Waals surface area contributed by atoms with Crippen LogP contribution < -0.4 is 0 Å². The first-order valence-electron chi connectivity index (χ1n) is 11.7. The van der Waals surface area contributed by atoms with E-state index in [-0.39, 0.29) is 43.2 Å². The fraction of sp³-hybridized carbons (Fsp3) is 0.462. The highest BCUT2D eigenvalue weighted by molar-refractivity contribution is 6.10. The van der Waals surface area contributed by atoms with Gasteiger partial charge in [-0.2, -0.15) is 0 Å². The van der Waals surface area contributed by atoms with Crippen molar-refractivity contribution in [1.82, 2.24) is 14.8 Å². The van der Waals surface area contributed by atoms with E-state index in [2.05, 4.69) is 4.98 Å². The van der Waals surface area contributed by atoms with Crippen molar-refractivity contribution in [3.8, 4) is 0 Å². The number of carbonyl (C=O) groups excluding carboxylic acids is 3. The summed E-state index contributed by atoms with van der Waals surface area (Å²) in [6.07, 6.45) is 4.14. The third-order valence-electron chi connectivity index (χ3n) is 6.69. The van der Waals surface area contributed by atoms with E-state index < -0.39 is 5.41 Å². The van der Waals surface area contributed by atoms with E-state index in [1.54, 1.807) is 11.1 Å². The third kappa shape index (κ3) is 4.98. The molecule has 2 atom stereocenters. The molecule has 3 amide bonds. The second-order valence-electron chi connectivity index (χ2n) is 8.79. The van der Waals surface area contributed by atoms with Crippen molar-refractivity contribution in [2.45, 2.75) is 50.5 Å². The predicted molar refractivity (Wildman–Crippen MR) is 123 cm³/mol. The first-order chi connectivity index (χ1) is 16.0. The third-order valence-corrected chi connectivity index (χ3v) is 6.69. The minimum atomic E-state index is -1.18. The molecule has 2 saturated heterocycles. The summed E-state index contributed by atoms with van der Waals surface area (Å²) in [5.74, 6) is -0.657. The Labute approximate surface area is 194 Å². The molecule has 0 bridgehead atoms. The first-order valence-corrected chi connectivity index (χ1v) is 11.7. The Hall–Kier alpha value is -3.06. The van der Waals surface area contributed by atoms with Crippen LogP contribution in [0.3, 0.4) is 0 Å². The lowest BCUT2D eigenvalue weighted by Gasteiger charge is -2.31. The van der Waals surface area contributed by atoms with Crippen LogP contribution in [-0.4, -0.2) is 64.9 Å². The molecule has 3 heterocycles. The second-order valence-corrected chi connectivity index (χ2v) is 8.79. The van der Waals surface area contributed by atoms with E-state index in [0.717, 1.165) is 25.1 Å². The molecule has 33 heavy (non-hydrogen) atoms. The molecule has 7 nitrogen and oxygen atoms in total. The van der Waals surface area contributed by atoms with Gasteiger partial charge in [-0.05, 0) is 37.5 Å². The highest BCUT2D eigenvalue weighted by Gasteiger charge is 2.53. The number of carbonyl (C=O) groups is 3. The number of likely N-dealkylation sites (N-methyl/N-ethyl adjacent to an activating group) is 1. The molecule has 0 aliphatic carbocycles. The lowest BCUT2D eigenvalue weighted by molar-refractivity contribution is -0.143. The molecule has 2 aromatic rings. The number of likely N-dealkylation sites (tertiary alicyclic amines) is 1. The Morgan fingerprint density at radius 2 is 1.97 bits per heavy atom. The lowest BCUT2D eigenvalue weighted by atomic mass is 9.75. The quantitative estimate of drug-likeness (QED) is 0.550. The van der Waals surface area contributed by atoms with Crippen LogP contribution in [0.1, 0.15) is 43.9 Å². The average Bonchev–Trinajstić information content (AvgIpc) is 3.44. The van der Waals surface area contributed by atoms with E-state index in [0.29, 0.717) is 25.1 Å².